The van der Waals surface area contributed by atoms with Crippen LogP contribution >= 0.6 is 0 Å². The molecule has 0 rings (SSSR count). The molecule has 0 aromatic carbocycles. The minimum absolute atomic E-state index is 1.75. The van der Waals surface area contributed by atoms with Crippen molar-refractivity contribution in [3.8, 4) is 0 Å². The highest BCUT2D eigenvalue weighted by atomic mass is 32.2. The Hall–Kier alpha value is -1.01. The van der Waals surface area contributed by atoms with Gasteiger partial charge in [-0.15, -0.1) is 0 Å². The molecule has 0 aliphatic rings. The molecule has 25 heavy (non-hydrogen) atoms. The molecule has 18 heteroatoms. The van der Waals surface area contributed by atoms with E-state index in [0.29, 0.717) is 0 Å². The smallest absolute Gasteiger partial charge is 0.300 e. The van der Waals surface area contributed by atoms with E-state index < -0.39 is 52.7 Å². The van der Waals surface area contributed by atoms with E-state index >= 15 is 0 Å². The summed E-state index contributed by atoms with van der Waals surface area (Å²) in [5.41, 5.74) is -6.70. The van der Waals surface area contributed by atoms with Crippen LogP contribution in [0, 0.1) is 0 Å². The largest absolute Gasteiger partial charge is 0.491 e. The Labute approximate surface area is 129 Å². The molecule has 0 heterocycles. The van der Waals surface area contributed by atoms with Crippen molar-refractivity contribution in [1.82, 2.24) is 0 Å². The first kappa shape index (κ1) is 24.0. The van der Waals surface area contributed by atoms with Crippen molar-refractivity contribution < 1.29 is 75.1 Å². The molecule has 0 amide bonds. The average molecular weight is 428 g/mol. The van der Waals surface area contributed by atoms with Crippen LogP contribution in [0.2, 0.25) is 0 Å². The van der Waals surface area contributed by atoms with Gasteiger partial charge in [-0.05, 0) is 0 Å². The molecule has 0 aliphatic heterocycles. The summed E-state index contributed by atoms with van der Waals surface area (Å²) < 4.78 is 182. The zero-order valence-electron chi connectivity index (χ0n) is 10.8. The predicted octanol–water partition coefficient (Wildman–Crippen LogP) is 3.18. The second-order valence-corrected chi connectivity index (χ2v) is 5.38. The molecular weight excluding hydrogens is 424 g/mol. The van der Waals surface area contributed by atoms with Crippen LogP contribution in [0.3, 0.4) is 0 Å². The fourth-order valence-electron chi connectivity index (χ4n) is 0.939. The number of rotatable bonds is 7. The Bertz CT molecular complexity index is 567. The highest BCUT2D eigenvalue weighted by Gasteiger charge is 2.79. The lowest BCUT2D eigenvalue weighted by Gasteiger charge is -2.36. The zero-order valence-corrected chi connectivity index (χ0v) is 11.6. The van der Waals surface area contributed by atoms with Crippen molar-refractivity contribution in [2.45, 2.75) is 35.9 Å². The Kier molecular flexibility index (Phi) is 6.35. The monoisotopic (exact) mass is 428 g/mol. The maximum absolute atomic E-state index is 13.4. The van der Waals surface area contributed by atoms with Gasteiger partial charge in [0, 0.05) is 0 Å². The highest BCUT2D eigenvalue weighted by Crippen LogP contribution is 2.51. The second kappa shape index (κ2) is 6.62. The van der Waals surface area contributed by atoms with Crippen molar-refractivity contribution in [3.63, 3.8) is 0 Å². The third-order valence-electron chi connectivity index (χ3n) is 2.09. The van der Waals surface area contributed by atoms with Crippen LogP contribution in [0.5, 0.6) is 0 Å². The van der Waals surface area contributed by atoms with Gasteiger partial charge in [-0.2, -0.15) is 56.7 Å². The lowest BCUT2D eigenvalue weighted by molar-refractivity contribution is -0.499. The first-order valence-corrected chi connectivity index (χ1v) is 6.55. The van der Waals surface area contributed by atoms with E-state index in [1.807, 2.05) is 0 Å². The van der Waals surface area contributed by atoms with Crippen molar-refractivity contribution in [1.29, 1.82) is 0 Å². The van der Waals surface area contributed by atoms with E-state index in [4.69, 9.17) is 4.55 Å². The quantitative estimate of drug-likeness (QED) is 0.498. The van der Waals surface area contributed by atoms with Gasteiger partial charge in [0.05, 0.1) is 0 Å². The first-order chi connectivity index (χ1) is 10.6. The average Bonchev–Trinajstić information content (AvgIpc) is 2.30. The molecular formula is C7H4F12O5S. The molecule has 0 saturated carbocycles. The van der Waals surface area contributed by atoms with E-state index in [2.05, 4.69) is 4.74 Å². The molecule has 0 aliphatic carbocycles. The fourth-order valence-corrected chi connectivity index (χ4v) is 1.16. The Morgan fingerprint density at radius 3 is 1.52 bits per heavy atom. The van der Waals surface area contributed by atoms with Gasteiger partial charge in [-0.3, -0.25) is 14.0 Å². The topological polar surface area (TPSA) is 72.8 Å². The van der Waals surface area contributed by atoms with Gasteiger partial charge in [-0.1, -0.05) is 0 Å². The van der Waals surface area contributed by atoms with Gasteiger partial charge in [0.15, 0.2) is 6.10 Å². The van der Waals surface area contributed by atoms with E-state index in [-0.39, 0.29) is 0 Å². The Morgan fingerprint density at radius 2 is 1.28 bits per heavy atom. The highest BCUT2D eigenvalue weighted by molar-refractivity contribution is 7.86. The molecule has 0 aromatic rings. The van der Waals surface area contributed by atoms with Crippen LogP contribution in [0.15, 0.2) is 0 Å². The number of ether oxygens (including phenoxy) is 2. The molecule has 0 spiro atoms. The molecule has 0 radical (unpaired) electrons. The van der Waals surface area contributed by atoms with Crippen molar-refractivity contribution in [2.75, 3.05) is 6.67 Å². The number of hydrogen-bond donors (Lipinski definition) is 1. The van der Waals surface area contributed by atoms with Gasteiger partial charge in [0.1, 0.15) is 6.67 Å². The van der Waals surface area contributed by atoms with Gasteiger partial charge < -0.3 is 0 Å². The number of alkyl halides is 12. The molecule has 152 valence electrons. The zero-order chi connectivity index (χ0) is 20.7. The van der Waals surface area contributed by atoms with Crippen LogP contribution in [-0.4, -0.2) is 55.5 Å². The van der Waals surface area contributed by atoms with Gasteiger partial charge >= 0.3 is 39.9 Å². The SMILES string of the molecule is O=S(=O)(O)C(F)(F)OC(F)(C(F)(F)F)C(F)(F)OC(CF)C(F)(F)F. The normalized spacial score (nSPS) is 18.8. The molecule has 0 aromatic heterocycles. The molecule has 2 unspecified atom stereocenters. The van der Waals surface area contributed by atoms with Gasteiger partial charge in [0.25, 0.3) is 0 Å². The van der Waals surface area contributed by atoms with Gasteiger partial charge in [0.2, 0.25) is 0 Å². The lowest BCUT2D eigenvalue weighted by Crippen LogP contribution is -2.63. The van der Waals surface area contributed by atoms with Crippen molar-refractivity contribution >= 4 is 10.1 Å². The molecule has 1 N–H and O–H groups in total. The summed E-state index contributed by atoms with van der Waals surface area (Å²) in [7, 11) is -7.10. The van der Waals surface area contributed by atoms with Gasteiger partial charge in [-0.25, -0.2) is 4.39 Å². The number of halogens is 12. The van der Waals surface area contributed by atoms with Crippen LogP contribution in [0.1, 0.15) is 0 Å². The van der Waals surface area contributed by atoms with Crippen molar-refractivity contribution in [2.24, 2.45) is 0 Å². The molecule has 5 nitrogen and oxygen atoms in total. The van der Waals surface area contributed by atoms with E-state index in [0.717, 1.165) is 0 Å². The molecule has 0 saturated heterocycles. The summed E-state index contributed by atoms with van der Waals surface area (Å²) in [5.74, 6) is -7.24. The van der Waals surface area contributed by atoms with Crippen molar-refractivity contribution in [3.05, 3.63) is 0 Å². The maximum atomic E-state index is 13.4. The van der Waals surface area contributed by atoms with Crippen LogP contribution in [0.4, 0.5) is 52.7 Å². The standard InChI is InChI=1S/C7H4F12O5S/c8-1-2(3(9,10)11)23-6(16,17)4(12,5(13,14)15)24-7(18,19)25(20,21)22/h2H,1H2,(H,20,21,22). The summed E-state index contributed by atoms with van der Waals surface area (Å²) in [6, 6.07) is 0. The van der Waals surface area contributed by atoms with E-state index in [1.165, 1.54) is 0 Å². The van der Waals surface area contributed by atoms with Crippen LogP contribution in [-0.2, 0) is 19.6 Å². The molecule has 0 bridgehead atoms. The van der Waals surface area contributed by atoms with Crippen LogP contribution in [0.25, 0.3) is 0 Å². The van der Waals surface area contributed by atoms with E-state index in [1.54, 1.807) is 4.74 Å². The lowest BCUT2D eigenvalue weighted by atomic mass is 10.2. The fraction of sp³-hybridized carbons (Fsp3) is 1.00. The Balaban J connectivity index is 6.12. The summed E-state index contributed by atoms with van der Waals surface area (Å²) in [6.45, 7) is -3.00. The first-order valence-electron chi connectivity index (χ1n) is 5.11. The number of hydrogen-bond acceptors (Lipinski definition) is 4. The third-order valence-corrected chi connectivity index (χ3v) is 2.78. The minimum Gasteiger partial charge on any atom is -0.300 e. The van der Waals surface area contributed by atoms with E-state index in [9.17, 15) is 61.1 Å². The maximum Gasteiger partial charge on any atom is 0.491 e. The molecule has 0 fully saturated rings. The second-order valence-electron chi connectivity index (χ2n) is 3.95. The predicted molar refractivity (Wildman–Crippen MR) is 49.3 cm³/mol. The third kappa shape index (κ3) is 5.00. The molecule has 2 atom stereocenters. The summed E-state index contributed by atoms with van der Waals surface area (Å²) >= 11 is 0. The summed E-state index contributed by atoms with van der Waals surface area (Å²) in [4.78, 5) is 0. The van der Waals surface area contributed by atoms with Crippen LogP contribution < -0.4 is 0 Å². The Morgan fingerprint density at radius 1 is 0.880 bits per heavy atom. The minimum atomic E-state index is -7.34. The summed E-state index contributed by atoms with van der Waals surface area (Å²) in [5, 5.41) is 0. The summed E-state index contributed by atoms with van der Waals surface area (Å²) in [6.07, 6.45) is -24.9.